The quantitative estimate of drug-likeness (QED) is 0.636. The fourth-order valence-corrected chi connectivity index (χ4v) is 1.85. The van der Waals surface area contributed by atoms with E-state index in [1.54, 1.807) is 18.3 Å². The molecule has 0 aliphatic carbocycles. The van der Waals surface area contributed by atoms with Crippen LogP contribution in [0.5, 0.6) is 5.75 Å². The molecule has 0 aliphatic heterocycles. The van der Waals surface area contributed by atoms with E-state index in [1.807, 2.05) is 32.9 Å². The number of phenols is 1. The minimum Gasteiger partial charge on any atom is -0.508 e. The van der Waals surface area contributed by atoms with Crippen molar-refractivity contribution < 1.29 is 5.11 Å². The molecule has 2 nitrogen and oxygen atoms in total. The molecule has 1 N–H and O–H groups in total. The largest absolute Gasteiger partial charge is 0.508 e. The summed E-state index contributed by atoms with van der Waals surface area (Å²) in [5, 5.41) is 9.81. The van der Waals surface area contributed by atoms with Crippen LogP contribution >= 0.6 is 0 Å². The first-order valence-electron chi connectivity index (χ1n) is 7.36. The van der Waals surface area contributed by atoms with Crippen LogP contribution in [0, 0.1) is 0 Å². The molecular formula is C20H25NO. The molecule has 0 radical (unpaired) electrons. The Morgan fingerprint density at radius 1 is 1.09 bits per heavy atom. The van der Waals surface area contributed by atoms with Gasteiger partial charge in [0, 0.05) is 11.9 Å². The molecule has 0 aromatic heterocycles. The van der Waals surface area contributed by atoms with Gasteiger partial charge in [0.25, 0.3) is 0 Å². The lowest BCUT2D eigenvalue weighted by Crippen LogP contribution is -1.90. The molecule has 0 bridgehead atoms. The van der Waals surface area contributed by atoms with E-state index >= 15 is 0 Å². The van der Waals surface area contributed by atoms with Gasteiger partial charge in [0.1, 0.15) is 5.75 Å². The highest BCUT2D eigenvalue weighted by Crippen LogP contribution is 2.27. The Labute approximate surface area is 133 Å². The second kappa shape index (κ2) is 8.18. The zero-order valence-corrected chi connectivity index (χ0v) is 13.8. The highest BCUT2D eigenvalue weighted by atomic mass is 16.3. The zero-order valence-electron chi connectivity index (χ0n) is 13.8. The van der Waals surface area contributed by atoms with Gasteiger partial charge in [-0.15, -0.1) is 0 Å². The number of phenolic OH excluding ortho intramolecular Hbond substituents is 1. The Balaban J connectivity index is 2.72. The van der Waals surface area contributed by atoms with Crippen molar-refractivity contribution in [3.05, 3.63) is 66.4 Å². The number of aromatic hydroxyl groups is 1. The first-order chi connectivity index (χ1) is 10.3. The van der Waals surface area contributed by atoms with Gasteiger partial charge < -0.3 is 5.11 Å². The zero-order chi connectivity index (χ0) is 16.7. The van der Waals surface area contributed by atoms with Crippen molar-refractivity contribution in [1.82, 2.24) is 0 Å². The van der Waals surface area contributed by atoms with Crippen LogP contribution in [0.2, 0.25) is 0 Å². The molecule has 0 atom stereocenters. The van der Waals surface area contributed by atoms with Crippen molar-refractivity contribution in [3.63, 3.8) is 0 Å². The third kappa shape index (κ3) is 5.57. The van der Waals surface area contributed by atoms with E-state index < -0.39 is 0 Å². The van der Waals surface area contributed by atoms with Gasteiger partial charge in [-0.3, -0.25) is 4.99 Å². The molecule has 0 spiro atoms. The smallest absolute Gasteiger partial charge is 0.116 e. The van der Waals surface area contributed by atoms with Crippen molar-refractivity contribution in [3.8, 4) is 5.75 Å². The summed E-state index contributed by atoms with van der Waals surface area (Å²) in [6, 6.07) is 5.45. The molecule has 0 aliphatic rings. The third-order valence-corrected chi connectivity index (χ3v) is 3.44. The number of benzene rings is 1. The van der Waals surface area contributed by atoms with Gasteiger partial charge in [-0.25, -0.2) is 0 Å². The van der Waals surface area contributed by atoms with E-state index in [-0.39, 0.29) is 5.75 Å². The van der Waals surface area contributed by atoms with Crippen LogP contribution < -0.4 is 0 Å². The van der Waals surface area contributed by atoms with Crippen molar-refractivity contribution >= 4 is 17.4 Å². The molecule has 0 amide bonds. The second-order valence-electron chi connectivity index (χ2n) is 5.50. The van der Waals surface area contributed by atoms with E-state index in [2.05, 4.69) is 24.7 Å². The highest BCUT2D eigenvalue weighted by molar-refractivity contribution is 5.79. The maximum Gasteiger partial charge on any atom is 0.116 e. The Hall–Kier alpha value is -2.35. The van der Waals surface area contributed by atoms with Gasteiger partial charge in [0.15, 0.2) is 0 Å². The SMILES string of the molecule is C=C(C=N/C(C)=C\C)CCC(=C)c1cc(O)cc(C(=C)C)c1. The Morgan fingerprint density at radius 2 is 1.73 bits per heavy atom. The summed E-state index contributed by atoms with van der Waals surface area (Å²) in [5.41, 5.74) is 5.69. The van der Waals surface area contributed by atoms with Crippen LogP contribution in [0.4, 0.5) is 0 Å². The van der Waals surface area contributed by atoms with Crippen molar-refractivity contribution in [2.24, 2.45) is 4.99 Å². The lowest BCUT2D eigenvalue weighted by atomic mass is 9.97. The number of nitrogens with zero attached hydrogens (tertiary/aromatic N) is 1. The molecule has 0 fully saturated rings. The van der Waals surface area contributed by atoms with Gasteiger partial charge in [-0.1, -0.05) is 31.4 Å². The average molecular weight is 295 g/mol. The van der Waals surface area contributed by atoms with Crippen LogP contribution in [0.15, 0.2) is 60.3 Å². The lowest BCUT2D eigenvalue weighted by Gasteiger charge is -2.10. The molecule has 1 aromatic rings. The Bertz CT molecular complexity index is 648. The Kier molecular flexibility index (Phi) is 6.58. The maximum atomic E-state index is 9.81. The molecule has 0 unspecified atom stereocenters. The molecule has 0 heterocycles. The maximum absolute atomic E-state index is 9.81. The molecular weight excluding hydrogens is 270 g/mol. The van der Waals surface area contributed by atoms with E-state index in [1.165, 1.54) is 0 Å². The number of hydrogen-bond donors (Lipinski definition) is 1. The lowest BCUT2D eigenvalue weighted by molar-refractivity contribution is 0.475. The van der Waals surface area contributed by atoms with E-state index in [9.17, 15) is 5.11 Å². The normalized spacial score (nSPS) is 11.7. The number of hydrogen-bond acceptors (Lipinski definition) is 2. The predicted molar refractivity (Wildman–Crippen MR) is 98.1 cm³/mol. The first-order valence-corrected chi connectivity index (χ1v) is 7.36. The standard InChI is InChI=1S/C20H25NO/c1-7-17(6)21-13-15(4)8-9-16(5)19-10-18(14(2)3)11-20(22)12-19/h7,10-13,22H,2,4-5,8-9H2,1,3,6H3/b17-7-,21-13?. The van der Waals surface area contributed by atoms with Gasteiger partial charge in [-0.2, -0.15) is 0 Å². The van der Waals surface area contributed by atoms with Gasteiger partial charge in [0.2, 0.25) is 0 Å². The summed E-state index contributed by atoms with van der Waals surface area (Å²) < 4.78 is 0. The van der Waals surface area contributed by atoms with Crippen LogP contribution in [-0.4, -0.2) is 11.3 Å². The van der Waals surface area contributed by atoms with Crippen LogP contribution in [0.25, 0.3) is 11.1 Å². The summed E-state index contributed by atoms with van der Waals surface area (Å²) >= 11 is 0. The topological polar surface area (TPSA) is 32.6 Å². The molecule has 1 aromatic carbocycles. The molecule has 0 saturated carbocycles. The monoisotopic (exact) mass is 295 g/mol. The molecule has 2 heteroatoms. The summed E-state index contributed by atoms with van der Waals surface area (Å²) in [6.07, 6.45) is 5.31. The fourth-order valence-electron chi connectivity index (χ4n) is 1.85. The van der Waals surface area contributed by atoms with E-state index in [4.69, 9.17) is 0 Å². The number of allylic oxidation sites excluding steroid dienone is 5. The molecule has 116 valence electrons. The number of aliphatic imine (C=N–C) groups is 1. The Morgan fingerprint density at radius 3 is 2.32 bits per heavy atom. The second-order valence-corrected chi connectivity index (χ2v) is 5.50. The minimum atomic E-state index is 0.237. The van der Waals surface area contributed by atoms with Crippen LogP contribution in [0.3, 0.4) is 0 Å². The third-order valence-electron chi connectivity index (χ3n) is 3.44. The van der Waals surface area contributed by atoms with Crippen LogP contribution in [-0.2, 0) is 0 Å². The van der Waals surface area contributed by atoms with Crippen molar-refractivity contribution in [2.45, 2.75) is 33.6 Å². The molecule has 22 heavy (non-hydrogen) atoms. The fraction of sp³-hybridized carbons (Fsp3) is 0.250. The summed E-state index contributed by atoms with van der Waals surface area (Å²) in [7, 11) is 0. The predicted octanol–water partition coefficient (Wildman–Crippen LogP) is 5.77. The average Bonchev–Trinajstić information content (AvgIpc) is 2.49. The molecule has 0 saturated heterocycles. The van der Waals surface area contributed by atoms with Crippen molar-refractivity contribution in [2.75, 3.05) is 0 Å². The minimum absolute atomic E-state index is 0.237. The number of rotatable bonds is 7. The van der Waals surface area contributed by atoms with Crippen molar-refractivity contribution in [1.29, 1.82) is 0 Å². The van der Waals surface area contributed by atoms with Gasteiger partial charge in [0.05, 0.1) is 0 Å². The van der Waals surface area contributed by atoms with E-state index in [0.717, 1.165) is 46.4 Å². The van der Waals surface area contributed by atoms with Gasteiger partial charge in [-0.05, 0) is 74.1 Å². The summed E-state index contributed by atoms with van der Waals surface area (Å²) in [4.78, 5) is 4.30. The van der Waals surface area contributed by atoms with Gasteiger partial charge >= 0.3 is 0 Å². The van der Waals surface area contributed by atoms with E-state index in [0.29, 0.717) is 0 Å². The molecule has 1 rings (SSSR count). The highest BCUT2D eigenvalue weighted by Gasteiger charge is 2.05. The first kappa shape index (κ1) is 17.7. The van der Waals surface area contributed by atoms with Crippen LogP contribution in [0.1, 0.15) is 44.7 Å². The summed E-state index contributed by atoms with van der Waals surface area (Å²) in [6.45, 7) is 17.9. The summed E-state index contributed by atoms with van der Waals surface area (Å²) in [5.74, 6) is 0.237.